The summed E-state index contributed by atoms with van der Waals surface area (Å²) in [6.45, 7) is 21.5. The molecule has 550 valence electrons. The summed E-state index contributed by atoms with van der Waals surface area (Å²) < 4.78 is 19.2. The zero-order valence-corrected chi connectivity index (χ0v) is 70.0. The predicted octanol–water partition coefficient (Wildman–Crippen LogP) is 20.1. The Labute approximate surface area is 691 Å². The lowest BCUT2D eigenvalue weighted by molar-refractivity contribution is 0.589. The number of benzene rings is 14. The standard InChI is InChI=1S/C38H24BNOS.C34H35BS3.C32H21BOSi/c1-4-12-25(13-5-1)26-22-31-36-30-18-10-11-19-33(30)41-38(36)39-32-21-20-29(24-34(32)42-35(23-26)37(31)39)40(27-14-6-2-7-15-27)28-16-8-3-9-17-28;1-32(2,3)18-11-13-24-22(14-18)27-23-15-20(34(7,8)9)17-26-28(23)35(30(27)36-24)29-21-12-10-19(33(4,5)6)16-25(21)37-31(29)38-26;1-3-12-22(13-4-1)35(23-14-5-2-6-15-23)28-20-10-8-18-26(28)33-31-25(17-11-21-29(31)35)30-24-16-7-9-19-27(24)34-32(30)33/h1-24H;10-17H,1-9H3;1-21H. The van der Waals surface area contributed by atoms with E-state index in [1.165, 1.54) is 154 Å². The summed E-state index contributed by atoms with van der Waals surface area (Å²) in [7, 11) is -2.53. The minimum absolute atomic E-state index is 0.0782. The summed E-state index contributed by atoms with van der Waals surface area (Å²) >= 11 is 7.94. The second kappa shape index (κ2) is 26.5. The number of rotatable bonds is 6. The molecule has 6 aliphatic rings. The van der Waals surface area contributed by atoms with Crippen LogP contribution in [0.1, 0.15) is 79.0 Å². The topological polar surface area (TPSA) is 29.5 Å². The van der Waals surface area contributed by atoms with Crippen LogP contribution in [0, 0.1) is 0 Å². The van der Waals surface area contributed by atoms with Crippen LogP contribution in [-0.2, 0) is 16.2 Å². The van der Waals surface area contributed by atoms with Crippen molar-refractivity contribution in [2.24, 2.45) is 0 Å². The Hall–Kier alpha value is -11.0. The molecule has 0 bridgehead atoms. The smallest absolute Gasteiger partial charge is 0.291 e. The molecule has 0 fully saturated rings. The molecular weight excluding hydrogens is 1480 g/mol. The van der Waals surface area contributed by atoms with E-state index in [1.807, 2.05) is 46.2 Å². The van der Waals surface area contributed by atoms with Crippen molar-refractivity contribution in [1.29, 1.82) is 0 Å². The Morgan fingerprint density at radius 1 is 0.313 bits per heavy atom. The molecule has 3 nitrogen and oxygen atoms in total. The lowest BCUT2D eigenvalue weighted by Gasteiger charge is -2.41. The number of hydrogen-bond donors (Lipinski definition) is 0. The van der Waals surface area contributed by atoms with E-state index < -0.39 is 8.07 Å². The lowest BCUT2D eigenvalue weighted by Crippen LogP contribution is -2.86. The van der Waals surface area contributed by atoms with Crippen molar-refractivity contribution in [1.82, 2.24) is 0 Å². The zero-order valence-electron chi connectivity index (χ0n) is 65.7. The van der Waals surface area contributed by atoms with Crippen LogP contribution in [0.5, 0.6) is 0 Å². The zero-order chi connectivity index (χ0) is 77.5. The second-order valence-electron chi connectivity index (χ2n) is 34.8. The van der Waals surface area contributed by atoms with Gasteiger partial charge in [0.1, 0.15) is 11.2 Å². The number of para-hydroxylation sites is 4. The van der Waals surface area contributed by atoms with Crippen molar-refractivity contribution in [3.8, 4) is 44.5 Å². The van der Waals surface area contributed by atoms with Gasteiger partial charge < -0.3 is 13.7 Å². The molecule has 14 aromatic carbocycles. The number of nitrogens with zero attached hydrogens (tertiary/aromatic N) is 1. The van der Waals surface area contributed by atoms with Gasteiger partial charge in [0.25, 0.3) is 20.1 Å². The number of thiophene rings is 2. The van der Waals surface area contributed by atoms with Crippen molar-refractivity contribution in [3.05, 3.63) is 338 Å². The van der Waals surface area contributed by atoms with Crippen molar-refractivity contribution in [2.75, 3.05) is 4.90 Å². The number of hydrogen-bond acceptors (Lipinski definition) is 7. The molecule has 115 heavy (non-hydrogen) atoms. The largest absolute Gasteiger partial charge is 0.470 e. The molecule has 0 amide bonds. The molecule has 10 heterocycles. The summed E-state index contributed by atoms with van der Waals surface area (Å²) in [6.07, 6.45) is 0. The molecule has 0 saturated heterocycles. The third-order valence-electron chi connectivity index (χ3n) is 25.0. The first-order chi connectivity index (χ1) is 55.9. The normalized spacial score (nSPS) is 13.9. The molecule has 24 rings (SSSR count). The molecule has 0 N–H and O–H groups in total. The van der Waals surface area contributed by atoms with E-state index in [1.54, 1.807) is 15.7 Å². The molecule has 0 aliphatic carbocycles. The third kappa shape index (κ3) is 11.0. The Bertz CT molecular complexity index is 6930. The van der Waals surface area contributed by atoms with Crippen LogP contribution in [0.2, 0.25) is 0 Å². The lowest BCUT2D eigenvalue weighted by atomic mass is 9.40. The van der Waals surface area contributed by atoms with Crippen LogP contribution in [-0.4, -0.2) is 28.2 Å². The van der Waals surface area contributed by atoms with Gasteiger partial charge in [0, 0.05) is 68.4 Å². The van der Waals surface area contributed by atoms with E-state index in [0.717, 1.165) is 39.5 Å². The Morgan fingerprint density at radius 2 is 0.852 bits per heavy atom. The van der Waals surface area contributed by atoms with Gasteiger partial charge in [0.15, 0.2) is 8.07 Å². The minimum atomic E-state index is -2.53. The molecule has 4 aromatic heterocycles. The van der Waals surface area contributed by atoms with Gasteiger partial charge in [0.2, 0.25) is 0 Å². The van der Waals surface area contributed by atoms with Crippen LogP contribution in [0.15, 0.2) is 349 Å². The number of fused-ring (bicyclic) bond motifs is 23. The van der Waals surface area contributed by atoms with E-state index in [2.05, 4.69) is 389 Å². The summed E-state index contributed by atoms with van der Waals surface area (Å²) in [5.74, 6) is 0. The highest BCUT2D eigenvalue weighted by Gasteiger charge is 2.55. The highest BCUT2D eigenvalue weighted by atomic mass is 32.2. The summed E-state index contributed by atoms with van der Waals surface area (Å²) in [6, 6.07) is 119. The van der Waals surface area contributed by atoms with E-state index in [-0.39, 0.29) is 29.7 Å². The first-order valence-corrected chi connectivity index (χ1v) is 45.5. The SMILES string of the molecule is CC(C)(C)c1cc2c3c(c1)-c1c(sc4ccc(C(C)(C)C)cc14)B3c1c(sc3cc(C(C)(C)C)ccc13)S2.c1ccc(-c2cc3c4c(c2)-c2c(oc5ccccc25)B4c2ccc(N(c4ccccc4)c4ccccc4)cc2S3)cc1.c1ccc([Si]2(c3ccccc3)c3ccccc3B3c4oc5ccccc5c4-c4cccc2c43)cc1. The van der Waals surface area contributed by atoms with Gasteiger partial charge in [-0.05, 0) is 199 Å². The van der Waals surface area contributed by atoms with Crippen molar-refractivity contribution in [2.45, 2.75) is 97.5 Å². The van der Waals surface area contributed by atoms with Crippen LogP contribution in [0.4, 0.5) is 17.1 Å². The Kier molecular flexibility index (Phi) is 16.3. The van der Waals surface area contributed by atoms with Gasteiger partial charge in [-0.25, -0.2) is 0 Å². The van der Waals surface area contributed by atoms with Crippen LogP contribution < -0.4 is 74.5 Å². The quantitative estimate of drug-likeness (QED) is 0.155. The monoisotopic (exact) mass is 1560 g/mol. The third-order valence-corrected chi connectivity index (χ3v) is 34.7. The van der Waals surface area contributed by atoms with Crippen LogP contribution in [0.25, 0.3) is 86.6 Å². The van der Waals surface area contributed by atoms with Crippen molar-refractivity contribution >= 4 is 203 Å². The molecule has 0 radical (unpaired) electrons. The second-order valence-corrected chi connectivity index (χ2v) is 43.1. The first kappa shape index (κ1) is 70.6. The van der Waals surface area contributed by atoms with E-state index >= 15 is 0 Å². The molecule has 6 aliphatic heterocycles. The van der Waals surface area contributed by atoms with Gasteiger partial charge >= 0.3 is 0 Å². The van der Waals surface area contributed by atoms with Gasteiger partial charge in [-0.3, -0.25) is 0 Å². The fraction of sp³-hybridized carbons (Fsp3) is 0.115. The average molecular weight is 1560 g/mol. The molecule has 0 saturated carbocycles. The molecule has 0 spiro atoms. The van der Waals surface area contributed by atoms with Gasteiger partial charge in [-0.15, -0.1) is 22.7 Å². The van der Waals surface area contributed by atoms with Gasteiger partial charge in [0.05, 0.1) is 15.5 Å². The highest BCUT2D eigenvalue weighted by Crippen LogP contribution is 2.50. The van der Waals surface area contributed by atoms with E-state index in [4.69, 9.17) is 8.83 Å². The van der Waals surface area contributed by atoms with Crippen LogP contribution >= 0.6 is 46.2 Å². The Balaban J connectivity index is 0.000000105. The summed E-state index contributed by atoms with van der Waals surface area (Å²) in [4.78, 5) is 6.38. The number of anilines is 3. The van der Waals surface area contributed by atoms with E-state index in [0.29, 0.717) is 6.71 Å². The maximum Gasteiger partial charge on any atom is 0.291 e. The van der Waals surface area contributed by atoms with E-state index in [9.17, 15) is 0 Å². The van der Waals surface area contributed by atoms with Crippen LogP contribution in [0.3, 0.4) is 0 Å². The van der Waals surface area contributed by atoms with Crippen molar-refractivity contribution < 1.29 is 8.83 Å². The maximum absolute atomic E-state index is 6.68. The van der Waals surface area contributed by atoms with Gasteiger partial charge in [-0.2, -0.15) is 0 Å². The fourth-order valence-electron chi connectivity index (χ4n) is 19.6. The highest BCUT2D eigenvalue weighted by molar-refractivity contribution is 8.02. The Morgan fingerprint density at radius 3 is 1.50 bits per heavy atom. The summed E-state index contributed by atoms with van der Waals surface area (Å²) in [5, 5.41) is 11.1. The molecule has 18 aromatic rings. The minimum Gasteiger partial charge on any atom is -0.470 e. The number of furan rings is 2. The van der Waals surface area contributed by atoms with Gasteiger partial charge in [-0.1, -0.05) is 339 Å². The van der Waals surface area contributed by atoms with Crippen molar-refractivity contribution in [3.63, 3.8) is 0 Å². The summed E-state index contributed by atoms with van der Waals surface area (Å²) in [5.41, 5.74) is 31.4. The average Bonchev–Trinajstić information content (AvgIpc) is 1.55. The molecule has 0 atom stereocenters. The molecule has 11 heteroatoms. The predicted molar refractivity (Wildman–Crippen MR) is 501 cm³/mol. The first-order valence-electron chi connectivity index (χ1n) is 40.3. The fourth-order valence-corrected chi connectivity index (χ4v) is 30.2. The molecule has 0 unspecified atom stereocenters. The maximum atomic E-state index is 6.68. The molecular formula is C104H80B3NO2S4Si.